The van der Waals surface area contributed by atoms with E-state index in [2.05, 4.69) is 10.3 Å². The van der Waals surface area contributed by atoms with Gasteiger partial charge in [0.2, 0.25) is 0 Å². The van der Waals surface area contributed by atoms with Crippen LogP contribution in [0.2, 0.25) is 0 Å². The van der Waals surface area contributed by atoms with Crippen molar-refractivity contribution in [3.05, 3.63) is 84.2 Å². The molecular formula is C21H20N2O3. The number of carbonyl (C=O) groups is 1. The molecule has 0 bridgehead atoms. The fraction of sp³-hybridized carbons (Fsp3) is 0.143. The van der Waals surface area contributed by atoms with Gasteiger partial charge in [-0.25, -0.2) is 4.79 Å². The fourth-order valence-electron chi connectivity index (χ4n) is 2.36. The lowest BCUT2D eigenvalue weighted by atomic mass is 10.2. The quantitative estimate of drug-likeness (QED) is 0.633. The molecule has 132 valence electrons. The van der Waals surface area contributed by atoms with E-state index < -0.39 is 0 Å². The second-order valence-corrected chi connectivity index (χ2v) is 5.60. The number of carbonyl (C=O) groups excluding carboxylic acids is 1. The van der Waals surface area contributed by atoms with E-state index in [-0.39, 0.29) is 5.97 Å². The molecule has 5 nitrogen and oxygen atoms in total. The van der Waals surface area contributed by atoms with Crippen LogP contribution >= 0.6 is 0 Å². The molecule has 1 N–H and O–H groups in total. The molecule has 0 aliphatic rings. The Morgan fingerprint density at radius 1 is 1.00 bits per heavy atom. The highest BCUT2D eigenvalue weighted by Crippen LogP contribution is 2.21. The van der Waals surface area contributed by atoms with E-state index in [0.717, 1.165) is 22.7 Å². The third-order valence-electron chi connectivity index (χ3n) is 3.67. The minimum absolute atomic E-state index is 0.311. The van der Waals surface area contributed by atoms with Gasteiger partial charge in [-0.2, -0.15) is 0 Å². The van der Waals surface area contributed by atoms with E-state index in [1.54, 1.807) is 31.5 Å². The number of anilines is 2. The van der Waals surface area contributed by atoms with Gasteiger partial charge in [0.15, 0.2) is 0 Å². The molecule has 3 aromatic rings. The van der Waals surface area contributed by atoms with Crippen LogP contribution in [0, 0.1) is 0 Å². The lowest BCUT2D eigenvalue weighted by molar-refractivity contribution is 0.0526. The molecule has 0 saturated carbocycles. The summed E-state index contributed by atoms with van der Waals surface area (Å²) in [5.74, 6) is 0.478. The van der Waals surface area contributed by atoms with E-state index in [0.29, 0.717) is 18.8 Å². The molecule has 1 aromatic heterocycles. The van der Waals surface area contributed by atoms with Gasteiger partial charge in [0.25, 0.3) is 0 Å². The van der Waals surface area contributed by atoms with Crippen molar-refractivity contribution in [1.82, 2.24) is 4.98 Å². The zero-order valence-electron chi connectivity index (χ0n) is 14.5. The van der Waals surface area contributed by atoms with Crippen molar-refractivity contribution in [3.8, 4) is 5.75 Å². The summed E-state index contributed by atoms with van der Waals surface area (Å²) in [7, 11) is 0. The van der Waals surface area contributed by atoms with E-state index in [1.807, 2.05) is 48.5 Å². The standard InChI is InChI=1S/C21H20N2O3/c1-2-25-21(24)17-5-7-18(8-6-17)23-19-9-11-20(12-10-19)26-15-16-4-3-13-22-14-16/h3-14,23H,2,15H2,1H3. The van der Waals surface area contributed by atoms with Crippen LogP contribution in [0.25, 0.3) is 0 Å². The number of rotatable bonds is 7. The highest BCUT2D eigenvalue weighted by molar-refractivity contribution is 5.89. The van der Waals surface area contributed by atoms with Gasteiger partial charge >= 0.3 is 5.97 Å². The summed E-state index contributed by atoms with van der Waals surface area (Å²) in [6.45, 7) is 2.64. The Hall–Kier alpha value is -3.34. The smallest absolute Gasteiger partial charge is 0.338 e. The van der Waals surface area contributed by atoms with Crippen LogP contribution in [0.4, 0.5) is 11.4 Å². The van der Waals surface area contributed by atoms with Crippen molar-refractivity contribution in [2.75, 3.05) is 11.9 Å². The number of ether oxygens (including phenoxy) is 2. The van der Waals surface area contributed by atoms with Crippen LogP contribution in [-0.2, 0) is 11.3 Å². The molecule has 0 fully saturated rings. The van der Waals surface area contributed by atoms with E-state index in [1.165, 1.54) is 0 Å². The highest BCUT2D eigenvalue weighted by Gasteiger charge is 2.05. The molecule has 3 rings (SSSR count). The molecule has 0 unspecified atom stereocenters. The molecule has 0 saturated heterocycles. The van der Waals surface area contributed by atoms with Gasteiger partial charge < -0.3 is 14.8 Å². The Morgan fingerprint density at radius 2 is 1.69 bits per heavy atom. The molecule has 0 radical (unpaired) electrons. The summed E-state index contributed by atoms with van der Waals surface area (Å²) in [5, 5.41) is 3.29. The monoisotopic (exact) mass is 348 g/mol. The number of hydrogen-bond donors (Lipinski definition) is 1. The van der Waals surface area contributed by atoms with Crippen molar-refractivity contribution in [1.29, 1.82) is 0 Å². The average Bonchev–Trinajstić information content (AvgIpc) is 2.69. The Morgan fingerprint density at radius 3 is 2.31 bits per heavy atom. The topological polar surface area (TPSA) is 60.5 Å². The fourth-order valence-corrected chi connectivity index (χ4v) is 2.36. The van der Waals surface area contributed by atoms with Crippen molar-refractivity contribution in [2.24, 2.45) is 0 Å². The maximum atomic E-state index is 11.7. The third kappa shape index (κ3) is 4.83. The molecule has 0 aliphatic carbocycles. The van der Waals surface area contributed by atoms with Crippen molar-refractivity contribution in [2.45, 2.75) is 13.5 Å². The number of pyridine rings is 1. The van der Waals surface area contributed by atoms with Crippen LogP contribution in [0.3, 0.4) is 0 Å². The summed E-state index contributed by atoms with van der Waals surface area (Å²) >= 11 is 0. The van der Waals surface area contributed by atoms with Gasteiger partial charge in [0, 0.05) is 29.3 Å². The predicted octanol–water partition coefficient (Wildman–Crippen LogP) is 4.58. The van der Waals surface area contributed by atoms with Crippen molar-refractivity contribution < 1.29 is 14.3 Å². The summed E-state index contributed by atoms with van der Waals surface area (Å²) < 4.78 is 10.7. The van der Waals surface area contributed by atoms with Crippen LogP contribution < -0.4 is 10.1 Å². The molecule has 0 aliphatic heterocycles. The lowest BCUT2D eigenvalue weighted by Crippen LogP contribution is -2.04. The summed E-state index contributed by atoms with van der Waals surface area (Å²) in [5.41, 5.74) is 3.39. The number of aromatic nitrogens is 1. The molecule has 26 heavy (non-hydrogen) atoms. The number of nitrogens with one attached hydrogen (secondary N) is 1. The van der Waals surface area contributed by atoms with Gasteiger partial charge in [-0.1, -0.05) is 6.07 Å². The Labute approximate surface area is 152 Å². The lowest BCUT2D eigenvalue weighted by Gasteiger charge is -2.09. The molecule has 0 spiro atoms. The van der Waals surface area contributed by atoms with E-state index in [9.17, 15) is 4.79 Å². The summed E-state index contributed by atoms with van der Waals surface area (Å²) in [6, 6.07) is 18.7. The largest absolute Gasteiger partial charge is 0.489 e. The van der Waals surface area contributed by atoms with Crippen LogP contribution in [0.1, 0.15) is 22.8 Å². The Kier molecular flexibility index (Phi) is 5.83. The second-order valence-electron chi connectivity index (χ2n) is 5.60. The molecular weight excluding hydrogens is 328 g/mol. The SMILES string of the molecule is CCOC(=O)c1ccc(Nc2ccc(OCc3cccnc3)cc2)cc1. The Bertz CT molecular complexity index is 831. The molecule has 2 aromatic carbocycles. The van der Waals surface area contributed by atoms with Crippen LogP contribution in [0.15, 0.2) is 73.1 Å². The van der Waals surface area contributed by atoms with Gasteiger partial charge in [0.1, 0.15) is 12.4 Å². The molecule has 0 amide bonds. The number of hydrogen-bond acceptors (Lipinski definition) is 5. The highest BCUT2D eigenvalue weighted by atomic mass is 16.5. The van der Waals surface area contributed by atoms with Gasteiger partial charge in [0.05, 0.1) is 12.2 Å². The second kappa shape index (κ2) is 8.67. The third-order valence-corrected chi connectivity index (χ3v) is 3.67. The van der Waals surface area contributed by atoms with E-state index >= 15 is 0 Å². The first-order valence-corrected chi connectivity index (χ1v) is 8.40. The predicted molar refractivity (Wildman–Crippen MR) is 101 cm³/mol. The average molecular weight is 348 g/mol. The maximum Gasteiger partial charge on any atom is 0.338 e. The van der Waals surface area contributed by atoms with E-state index in [4.69, 9.17) is 9.47 Å². The molecule has 0 atom stereocenters. The zero-order valence-corrected chi connectivity index (χ0v) is 14.5. The van der Waals surface area contributed by atoms with Crippen LogP contribution in [-0.4, -0.2) is 17.6 Å². The maximum absolute atomic E-state index is 11.7. The van der Waals surface area contributed by atoms with Crippen molar-refractivity contribution >= 4 is 17.3 Å². The summed E-state index contributed by atoms with van der Waals surface area (Å²) in [6.07, 6.45) is 3.53. The first-order chi connectivity index (χ1) is 12.7. The number of esters is 1. The van der Waals surface area contributed by atoms with Crippen LogP contribution in [0.5, 0.6) is 5.75 Å². The normalized spacial score (nSPS) is 10.2. The minimum atomic E-state index is -0.311. The van der Waals surface area contributed by atoms with Crippen molar-refractivity contribution in [3.63, 3.8) is 0 Å². The first-order valence-electron chi connectivity index (χ1n) is 8.40. The number of benzene rings is 2. The van der Waals surface area contributed by atoms with Gasteiger partial charge in [-0.3, -0.25) is 4.98 Å². The Balaban J connectivity index is 1.56. The van der Waals surface area contributed by atoms with Gasteiger partial charge in [-0.15, -0.1) is 0 Å². The molecule has 5 heteroatoms. The van der Waals surface area contributed by atoms with Gasteiger partial charge in [-0.05, 0) is 61.5 Å². The first kappa shape index (κ1) is 17.5. The number of nitrogens with zero attached hydrogens (tertiary/aromatic N) is 1. The zero-order chi connectivity index (χ0) is 18.2. The summed E-state index contributed by atoms with van der Waals surface area (Å²) in [4.78, 5) is 15.7. The molecule has 1 heterocycles. The minimum Gasteiger partial charge on any atom is -0.489 e.